The first-order valence-corrected chi connectivity index (χ1v) is 11.2. The number of pyridine rings is 1. The summed E-state index contributed by atoms with van der Waals surface area (Å²) in [7, 11) is 4.98. The third kappa shape index (κ3) is 8.80. The van der Waals surface area contributed by atoms with Crippen molar-refractivity contribution >= 4 is 36.4 Å². The number of hydrogen-bond donors (Lipinski definition) is 1. The number of methoxy groups -OCH3 is 1. The number of aliphatic imine (C=N–C) groups is 4. The number of nitrogens with zero attached hydrogens (tertiary/aromatic N) is 8. The van der Waals surface area contributed by atoms with Gasteiger partial charge in [-0.2, -0.15) is 5.10 Å². The molecule has 0 radical (unpaired) electrons. The molecule has 0 saturated heterocycles. The molecule has 0 fully saturated rings. The van der Waals surface area contributed by atoms with Gasteiger partial charge in [-0.05, 0) is 37.9 Å². The van der Waals surface area contributed by atoms with Crippen molar-refractivity contribution in [2.24, 2.45) is 27.0 Å². The van der Waals surface area contributed by atoms with Crippen LogP contribution in [0.15, 0.2) is 98.7 Å². The van der Waals surface area contributed by atoms with Crippen LogP contribution in [0.5, 0.6) is 0 Å². The van der Waals surface area contributed by atoms with E-state index in [-0.39, 0.29) is 12.2 Å². The molecule has 0 spiro atoms. The van der Waals surface area contributed by atoms with Crippen LogP contribution in [0.4, 0.5) is 15.9 Å². The fraction of sp³-hybridized carbons (Fsp3) is 0.231. The van der Waals surface area contributed by atoms with Crippen LogP contribution in [-0.2, 0) is 11.8 Å². The van der Waals surface area contributed by atoms with Gasteiger partial charge >= 0.3 is 0 Å². The Labute approximate surface area is 216 Å². The summed E-state index contributed by atoms with van der Waals surface area (Å²) in [6.07, 6.45) is 15.0. The zero-order valence-corrected chi connectivity index (χ0v) is 21.4. The first-order valence-electron chi connectivity index (χ1n) is 11.2. The lowest BCUT2D eigenvalue weighted by Gasteiger charge is -2.25. The average molecular weight is 507 g/mol. The zero-order valence-electron chi connectivity index (χ0n) is 21.4. The highest BCUT2D eigenvalue weighted by Gasteiger charge is 2.18. The van der Waals surface area contributed by atoms with Crippen molar-refractivity contribution in [2.75, 3.05) is 32.1 Å². The Hall–Kier alpha value is -4.67. The fourth-order valence-electron chi connectivity index (χ4n) is 3.05. The van der Waals surface area contributed by atoms with Crippen molar-refractivity contribution in [1.82, 2.24) is 14.8 Å². The molecule has 0 aliphatic rings. The van der Waals surface area contributed by atoms with Gasteiger partial charge in [-0.25, -0.2) is 9.37 Å². The molecular formula is C26H31FN8O2. The lowest BCUT2D eigenvalue weighted by Crippen LogP contribution is -2.27. The van der Waals surface area contributed by atoms with E-state index in [9.17, 15) is 9.50 Å². The van der Waals surface area contributed by atoms with Crippen molar-refractivity contribution in [3.05, 3.63) is 84.3 Å². The van der Waals surface area contributed by atoms with E-state index in [1.54, 1.807) is 72.7 Å². The Balaban J connectivity index is 2.38. The number of allylic oxidation sites excluding steroid dienone is 4. The summed E-state index contributed by atoms with van der Waals surface area (Å²) in [5.74, 6) is -0.0345. The summed E-state index contributed by atoms with van der Waals surface area (Å²) >= 11 is 0. The van der Waals surface area contributed by atoms with Gasteiger partial charge in [0.1, 0.15) is 17.8 Å². The summed E-state index contributed by atoms with van der Waals surface area (Å²) in [5.41, 5.74) is 2.12. The zero-order chi connectivity index (χ0) is 27.0. The fourth-order valence-corrected chi connectivity index (χ4v) is 3.05. The average Bonchev–Trinajstić information content (AvgIpc) is 3.36. The lowest BCUT2D eigenvalue weighted by molar-refractivity contribution is 0.305. The van der Waals surface area contributed by atoms with E-state index in [0.29, 0.717) is 35.8 Å². The van der Waals surface area contributed by atoms with Gasteiger partial charge in [0, 0.05) is 50.9 Å². The smallest absolute Gasteiger partial charge is 0.181 e. The summed E-state index contributed by atoms with van der Waals surface area (Å²) in [5, 5.41) is 13.6. The molecule has 0 unspecified atom stereocenters. The maximum Gasteiger partial charge on any atom is 0.181 e. The number of rotatable bonds is 13. The lowest BCUT2D eigenvalue weighted by atomic mass is 10.2. The summed E-state index contributed by atoms with van der Waals surface area (Å²) in [6, 6.07) is 3.45. The Kier molecular flexibility index (Phi) is 11.9. The second-order valence-corrected chi connectivity index (χ2v) is 7.28. The van der Waals surface area contributed by atoms with Gasteiger partial charge < -0.3 is 14.7 Å². The molecule has 0 aromatic carbocycles. The molecule has 0 amide bonds. The number of ether oxygens (including phenoxy) is 1. The van der Waals surface area contributed by atoms with Crippen LogP contribution >= 0.6 is 0 Å². The van der Waals surface area contributed by atoms with Crippen molar-refractivity contribution in [3.8, 4) is 0 Å². The van der Waals surface area contributed by atoms with Crippen LogP contribution in [0.3, 0.4) is 0 Å². The number of aryl methyl sites for hydroxylation is 1. The van der Waals surface area contributed by atoms with Crippen LogP contribution in [-0.4, -0.2) is 72.0 Å². The number of anilines is 1. The molecule has 1 N–H and O–H groups in total. The van der Waals surface area contributed by atoms with E-state index in [1.807, 2.05) is 13.2 Å². The Bertz CT molecular complexity index is 1240. The molecule has 2 aromatic heterocycles. The van der Waals surface area contributed by atoms with E-state index < -0.39 is 5.83 Å². The molecule has 11 heteroatoms. The predicted octanol–water partition coefficient (Wildman–Crippen LogP) is 4.53. The molecule has 37 heavy (non-hydrogen) atoms. The van der Waals surface area contributed by atoms with Crippen LogP contribution in [0.25, 0.3) is 0 Å². The van der Waals surface area contributed by atoms with Crippen molar-refractivity contribution in [2.45, 2.75) is 6.92 Å². The van der Waals surface area contributed by atoms with Gasteiger partial charge in [0.25, 0.3) is 0 Å². The van der Waals surface area contributed by atoms with Crippen LogP contribution in [0.2, 0.25) is 0 Å². The second-order valence-electron chi connectivity index (χ2n) is 7.28. The van der Waals surface area contributed by atoms with Gasteiger partial charge in [0.2, 0.25) is 0 Å². The SMILES string of the molecule is C=N/C=C\C=N/CCN(C(=C/C(=C\C)OC)/C(F)=C/O)c1ccc(/N=C\C(=N/C)c2cnn(C)c2)cn1. The molecule has 0 aliphatic carbocycles. The Morgan fingerprint density at radius 3 is 2.70 bits per heavy atom. The van der Waals surface area contributed by atoms with E-state index in [2.05, 4.69) is 36.8 Å². The molecule has 0 aliphatic heterocycles. The minimum absolute atomic E-state index is 0.0525. The molecular weight excluding hydrogens is 475 g/mol. The van der Waals surface area contributed by atoms with Gasteiger partial charge in [0.05, 0.1) is 49.4 Å². The predicted molar refractivity (Wildman–Crippen MR) is 148 cm³/mol. The highest BCUT2D eigenvalue weighted by atomic mass is 19.1. The number of hydrogen-bond acceptors (Lipinski definition) is 9. The summed E-state index contributed by atoms with van der Waals surface area (Å²) < 4.78 is 21.8. The number of aromatic nitrogens is 3. The maximum absolute atomic E-state index is 14.8. The van der Waals surface area contributed by atoms with E-state index in [0.717, 1.165) is 5.56 Å². The van der Waals surface area contributed by atoms with Gasteiger partial charge in [-0.1, -0.05) is 0 Å². The van der Waals surface area contributed by atoms with E-state index >= 15 is 0 Å². The van der Waals surface area contributed by atoms with Crippen LogP contribution in [0.1, 0.15) is 12.5 Å². The molecule has 194 valence electrons. The number of aliphatic hydroxyl groups is 1. The standard InChI is InChI=1S/C26H31FN8O2/c1-6-22(37-5)14-25(23(27)19-36)35(13-12-30-11-7-10-28-2)26-9-8-21(16-32-26)31-17-24(29-3)20-15-33-34(4)18-20/h6-11,14-19,36H,2,12-13H2,1,3-5H3/b10-7-,22-6+,23-19-,25-14+,29-24+,30-11-,31-17-. The topological polar surface area (TPSA) is 113 Å². The first-order chi connectivity index (χ1) is 18.0. The molecule has 2 rings (SSSR count). The molecule has 0 atom stereocenters. The van der Waals surface area contributed by atoms with Crippen molar-refractivity contribution in [3.63, 3.8) is 0 Å². The van der Waals surface area contributed by atoms with Gasteiger partial charge in [-0.3, -0.25) is 24.7 Å². The Morgan fingerprint density at radius 1 is 1.32 bits per heavy atom. The molecule has 2 heterocycles. The van der Waals surface area contributed by atoms with Gasteiger partial charge in [-0.15, -0.1) is 0 Å². The molecule has 2 aromatic rings. The molecule has 0 bridgehead atoms. The number of halogens is 1. The minimum Gasteiger partial charge on any atom is -0.512 e. The monoisotopic (exact) mass is 506 g/mol. The first kappa shape index (κ1) is 28.6. The maximum atomic E-state index is 14.8. The Morgan fingerprint density at radius 2 is 2.14 bits per heavy atom. The van der Waals surface area contributed by atoms with Crippen LogP contribution < -0.4 is 4.90 Å². The highest BCUT2D eigenvalue weighted by Crippen LogP contribution is 2.26. The van der Waals surface area contributed by atoms with Crippen molar-refractivity contribution in [1.29, 1.82) is 0 Å². The third-order valence-corrected chi connectivity index (χ3v) is 4.87. The molecule has 0 saturated carbocycles. The normalized spacial score (nSPS) is 13.8. The third-order valence-electron chi connectivity index (χ3n) is 4.87. The summed E-state index contributed by atoms with van der Waals surface area (Å²) in [4.78, 5) is 22.6. The van der Waals surface area contributed by atoms with E-state index in [1.165, 1.54) is 19.4 Å². The largest absolute Gasteiger partial charge is 0.512 e. The van der Waals surface area contributed by atoms with E-state index in [4.69, 9.17) is 4.74 Å². The van der Waals surface area contributed by atoms with Crippen molar-refractivity contribution < 1.29 is 14.2 Å². The quantitative estimate of drug-likeness (QED) is 0.244. The summed E-state index contributed by atoms with van der Waals surface area (Å²) in [6.45, 7) is 5.68. The van der Waals surface area contributed by atoms with Gasteiger partial charge in [0.15, 0.2) is 5.83 Å². The highest BCUT2D eigenvalue weighted by molar-refractivity contribution is 6.38. The second kappa shape index (κ2) is 15.4. The van der Waals surface area contributed by atoms with Crippen LogP contribution in [0, 0.1) is 0 Å². The minimum atomic E-state index is -0.861. The molecule has 10 nitrogen and oxygen atoms in total. The number of aliphatic hydroxyl groups excluding tert-OH is 1.